The fourth-order valence-electron chi connectivity index (χ4n) is 2.21. The zero-order chi connectivity index (χ0) is 14.0. The molecule has 0 radical (unpaired) electrons. The number of aromatic nitrogens is 1. The summed E-state index contributed by atoms with van der Waals surface area (Å²) >= 11 is 0. The lowest BCUT2D eigenvalue weighted by Gasteiger charge is -2.24. The van der Waals surface area contributed by atoms with Crippen molar-refractivity contribution in [3.05, 3.63) is 36.0 Å². The van der Waals surface area contributed by atoms with Crippen molar-refractivity contribution in [3.63, 3.8) is 0 Å². The molecule has 0 atom stereocenters. The average Bonchev–Trinajstić information content (AvgIpc) is 2.66. The van der Waals surface area contributed by atoms with Crippen LogP contribution in [0.25, 0.3) is 10.9 Å². The Morgan fingerprint density at radius 2 is 2.05 bits per heavy atom. The molecule has 1 heterocycles. The first-order valence-corrected chi connectivity index (χ1v) is 6.47. The van der Waals surface area contributed by atoms with Crippen LogP contribution in [-0.2, 0) is 18.3 Å². The molecule has 19 heavy (non-hydrogen) atoms. The van der Waals surface area contributed by atoms with Crippen LogP contribution in [0.4, 0.5) is 0 Å². The van der Waals surface area contributed by atoms with E-state index in [2.05, 4.69) is 11.4 Å². The van der Waals surface area contributed by atoms with E-state index < -0.39 is 0 Å². The summed E-state index contributed by atoms with van der Waals surface area (Å²) in [5, 5.41) is 4.09. The highest BCUT2D eigenvalue weighted by atomic mass is 16.1. The van der Waals surface area contributed by atoms with Gasteiger partial charge in [0, 0.05) is 36.2 Å². The number of rotatable bonds is 4. The molecule has 0 aliphatic heterocycles. The van der Waals surface area contributed by atoms with Gasteiger partial charge in [-0.15, -0.1) is 0 Å². The van der Waals surface area contributed by atoms with Gasteiger partial charge in [0.2, 0.25) is 5.91 Å². The number of hydrogen-bond donors (Lipinski definition) is 2. The Hall–Kier alpha value is -1.81. The maximum Gasteiger partial charge on any atom is 0.224 e. The topological polar surface area (TPSA) is 60.0 Å². The Bertz CT molecular complexity index is 598. The minimum Gasteiger partial charge on any atom is -0.350 e. The van der Waals surface area contributed by atoms with E-state index in [4.69, 9.17) is 5.73 Å². The van der Waals surface area contributed by atoms with Gasteiger partial charge in [0.05, 0.1) is 6.42 Å². The van der Waals surface area contributed by atoms with Crippen LogP contribution >= 0.6 is 0 Å². The molecule has 1 aromatic carbocycles. The zero-order valence-electron chi connectivity index (χ0n) is 11.7. The molecule has 2 aromatic rings. The number of aryl methyl sites for hydroxylation is 1. The first-order chi connectivity index (χ1) is 8.93. The van der Waals surface area contributed by atoms with Gasteiger partial charge in [-0.2, -0.15) is 0 Å². The first kappa shape index (κ1) is 13.6. The van der Waals surface area contributed by atoms with Gasteiger partial charge in [0.15, 0.2) is 0 Å². The van der Waals surface area contributed by atoms with Crippen molar-refractivity contribution in [2.24, 2.45) is 12.8 Å². The van der Waals surface area contributed by atoms with Gasteiger partial charge in [-0.3, -0.25) is 4.79 Å². The number of nitrogens with one attached hydrogen (secondary N) is 1. The predicted octanol–water partition coefficient (Wildman–Crippen LogP) is 1.57. The summed E-state index contributed by atoms with van der Waals surface area (Å²) in [7, 11) is 1.99. The standard InChI is InChI=1S/C15H21N3O/c1-15(2,10-16)17-14(19)8-11-9-18(3)13-7-5-4-6-12(11)13/h4-7,9H,8,10,16H2,1-3H3,(H,17,19). The minimum atomic E-state index is -0.359. The van der Waals surface area contributed by atoms with Gasteiger partial charge in [0.25, 0.3) is 0 Å². The van der Waals surface area contributed by atoms with Gasteiger partial charge in [0.1, 0.15) is 0 Å². The summed E-state index contributed by atoms with van der Waals surface area (Å²) in [5.41, 5.74) is 7.45. The fraction of sp³-hybridized carbons (Fsp3) is 0.400. The Morgan fingerprint density at radius 3 is 2.74 bits per heavy atom. The van der Waals surface area contributed by atoms with Crippen LogP contribution in [-0.4, -0.2) is 22.6 Å². The number of para-hydroxylation sites is 1. The lowest BCUT2D eigenvalue weighted by atomic mass is 10.0. The van der Waals surface area contributed by atoms with E-state index in [1.807, 2.05) is 49.9 Å². The van der Waals surface area contributed by atoms with Gasteiger partial charge in [-0.1, -0.05) is 18.2 Å². The van der Waals surface area contributed by atoms with E-state index in [1.165, 1.54) is 0 Å². The molecule has 0 unspecified atom stereocenters. The predicted molar refractivity (Wildman–Crippen MR) is 77.9 cm³/mol. The number of carbonyl (C=O) groups is 1. The zero-order valence-corrected chi connectivity index (χ0v) is 11.7. The van der Waals surface area contributed by atoms with Crippen LogP contribution in [0.5, 0.6) is 0 Å². The van der Waals surface area contributed by atoms with E-state index in [9.17, 15) is 4.79 Å². The van der Waals surface area contributed by atoms with E-state index in [-0.39, 0.29) is 11.4 Å². The lowest BCUT2D eigenvalue weighted by molar-refractivity contribution is -0.121. The first-order valence-electron chi connectivity index (χ1n) is 6.47. The van der Waals surface area contributed by atoms with E-state index in [0.717, 1.165) is 16.5 Å². The van der Waals surface area contributed by atoms with Crippen LogP contribution in [0.15, 0.2) is 30.5 Å². The molecule has 0 aliphatic rings. The molecule has 0 saturated heterocycles. The molecule has 4 nitrogen and oxygen atoms in total. The van der Waals surface area contributed by atoms with Crippen molar-refractivity contribution in [2.45, 2.75) is 25.8 Å². The summed E-state index contributed by atoms with van der Waals surface area (Å²) in [4.78, 5) is 12.1. The molecule has 1 aromatic heterocycles. The number of carbonyl (C=O) groups excluding carboxylic acids is 1. The van der Waals surface area contributed by atoms with Crippen LogP contribution in [0.2, 0.25) is 0 Å². The Labute approximate surface area is 113 Å². The van der Waals surface area contributed by atoms with Gasteiger partial charge in [-0.05, 0) is 25.5 Å². The second-order valence-corrected chi connectivity index (χ2v) is 5.60. The highest BCUT2D eigenvalue weighted by molar-refractivity contribution is 5.89. The van der Waals surface area contributed by atoms with Crippen LogP contribution in [0, 0.1) is 0 Å². The third-order valence-corrected chi connectivity index (χ3v) is 3.32. The molecule has 102 valence electrons. The van der Waals surface area contributed by atoms with Crippen molar-refractivity contribution < 1.29 is 4.79 Å². The van der Waals surface area contributed by atoms with Crippen molar-refractivity contribution in [1.29, 1.82) is 0 Å². The molecule has 4 heteroatoms. The monoisotopic (exact) mass is 259 g/mol. The molecule has 3 N–H and O–H groups in total. The quantitative estimate of drug-likeness (QED) is 0.875. The summed E-state index contributed by atoms with van der Waals surface area (Å²) in [6.45, 7) is 4.27. The van der Waals surface area contributed by atoms with Gasteiger partial charge >= 0.3 is 0 Å². The number of nitrogens with zero attached hydrogens (tertiary/aromatic N) is 1. The highest BCUT2D eigenvalue weighted by Gasteiger charge is 2.19. The fourth-order valence-corrected chi connectivity index (χ4v) is 2.21. The molecule has 1 amide bonds. The summed E-state index contributed by atoms with van der Waals surface area (Å²) in [5.74, 6) is 0.00630. The molecular weight excluding hydrogens is 238 g/mol. The average molecular weight is 259 g/mol. The third-order valence-electron chi connectivity index (χ3n) is 3.32. The third kappa shape index (κ3) is 2.96. The SMILES string of the molecule is Cn1cc(CC(=O)NC(C)(C)CN)c2ccccc21. The minimum absolute atomic E-state index is 0.00630. The largest absolute Gasteiger partial charge is 0.350 e. The van der Waals surface area contributed by atoms with E-state index in [1.54, 1.807) is 0 Å². The second kappa shape index (κ2) is 5.05. The van der Waals surface area contributed by atoms with Crippen molar-refractivity contribution in [3.8, 4) is 0 Å². The maximum atomic E-state index is 12.1. The highest BCUT2D eigenvalue weighted by Crippen LogP contribution is 2.20. The molecule has 2 rings (SSSR count). The smallest absolute Gasteiger partial charge is 0.224 e. The van der Waals surface area contributed by atoms with E-state index in [0.29, 0.717) is 13.0 Å². The second-order valence-electron chi connectivity index (χ2n) is 5.60. The van der Waals surface area contributed by atoms with Crippen LogP contribution in [0.3, 0.4) is 0 Å². The maximum absolute atomic E-state index is 12.1. The molecule has 0 bridgehead atoms. The Kier molecular flexibility index (Phi) is 3.62. The molecule has 0 saturated carbocycles. The molecule has 0 aliphatic carbocycles. The normalized spacial score (nSPS) is 11.8. The number of fused-ring (bicyclic) bond motifs is 1. The summed E-state index contributed by atoms with van der Waals surface area (Å²) < 4.78 is 2.05. The van der Waals surface area contributed by atoms with Gasteiger partial charge < -0.3 is 15.6 Å². The van der Waals surface area contributed by atoms with Crippen molar-refractivity contribution in [1.82, 2.24) is 9.88 Å². The molecule has 0 spiro atoms. The number of hydrogen-bond acceptors (Lipinski definition) is 2. The van der Waals surface area contributed by atoms with Crippen LogP contribution in [0.1, 0.15) is 19.4 Å². The van der Waals surface area contributed by atoms with Gasteiger partial charge in [-0.25, -0.2) is 0 Å². The number of amides is 1. The Morgan fingerprint density at radius 1 is 1.37 bits per heavy atom. The number of benzene rings is 1. The molecule has 0 fully saturated rings. The lowest BCUT2D eigenvalue weighted by Crippen LogP contribution is -2.49. The van der Waals surface area contributed by atoms with Crippen LogP contribution < -0.4 is 11.1 Å². The van der Waals surface area contributed by atoms with E-state index >= 15 is 0 Å². The Balaban J connectivity index is 2.20. The summed E-state index contributed by atoms with van der Waals surface area (Å²) in [6.07, 6.45) is 2.39. The van der Waals surface area contributed by atoms with Crippen molar-refractivity contribution in [2.75, 3.05) is 6.54 Å². The van der Waals surface area contributed by atoms with Crippen molar-refractivity contribution >= 4 is 16.8 Å². The number of nitrogens with two attached hydrogens (primary N) is 1. The molecular formula is C15H21N3O. The summed E-state index contributed by atoms with van der Waals surface area (Å²) in [6, 6.07) is 8.10.